The lowest BCUT2D eigenvalue weighted by atomic mass is 9.86. The second-order valence-electron chi connectivity index (χ2n) is 14.8. The van der Waals surface area contributed by atoms with Gasteiger partial charge in [-0.15, -0.1) is 0 Å². The summed E-state index contributed by atoms with van der Waals surface area (Å²) in [7, 11) is -3.11. The summed E-state index contributed by atoms with van der Waals surface area (Å²) >= 11 is 0. The Balaban J connectivity index is 1.08. The van der Waals surface area contributed by atoms with Gasteiger partial charge in [0.15, 0.2) is 7.14 Å². The topological polar surface area (TPSA) is 42.9 Å². The van der Waals surface area contributed by atoms with E-state index in [0.29, 0.717) is 0 Å². The van der Waals surface area contributed by atoms with Gasteiger partial charge in [0.05, 0.1) is 22.4 Å². The molecule has 2 heterocycles. The predicted octanol–water partition coefficient (Wildman–Crippen LogP) is 12.9. The standard InChI is InChI=1S/C54H35N2OP/c57-58(42-16-6-2-7-17-42,43-18-8-3-9-19-43)44-31-28-39-34-41(27-26-40(39)35-44)51-45-20-10-12-22-47(45)52(48-23-13-11-21-46(48)51)50-33-30-38-25-24-37-29-32-49(36-14-4-1-5-15-36)55-53(37)54(38)56-50/h1-35H. The molecule has 272 valence electrons. The minimum absolute atomic E-state index is 0.826. The molecule has 3 nitrogen and oxygen atoms in total. The van der Waals surface area contributed by atoms with E-state index >= 15 is 4.57 Å². The largest absolute Gasteiger partial charge is 0.309 e. The molecule has 0 saturated carbocycles. The van der Waals surface area contributed by atoms with Crippen LogP contribution >= 0.6 is 7.14 Å². The molecule has 0 fully saturated rings. The summed E-state index contributed by atoms with van der Waals surface area (Å²) in [4.78, 5) is 10.6. The van der Waals surface area contributed by atoms with Crippen molar-refractivity contribution in [2.75, 3.05) is 0 Å². The number of aromatic nitrogens is 2. The molecule has 9 aromatic carbocycles. The van der Waals surface area contributed by atoms with Gasteiger partial charge in [0.25, 0.3) is 0 Å². The van der Waals surface area contributed by atoms with Crippen molar-refractivity contribution in [1.82, 2.24) is 9.97 Å². The Hall–Kier alpha value is -7.19. The average molecular weight is 759 g/mol. The fraction of sp³-hybridized carbons (Fsp3) is 0. The van der Waals surface area contributed by atoms with Crippen LogP contribution in [0.5, 0.6) is 0 Å². The van der Waals surface area contributed by atoms with E-state index in [9.17, 15) is 0 Å². The van der Waals surface area contributed by atoms with Crippen LogP contribution in [0.1, 0.15) is 0 Å². The van der Waals surface area contributed by atoms with Crippen LogP contribution in [0.4, 0.5) is 0 Å². The van der Waals surface area contributed by atoms with E-state index in [-0.39, 0.29) is 0 Å². The summed E-state index contributed by atoms with van der Waals surface area (Å²) in [5.74, 6) is 0. The lowest BCUT2D eigenvalue weighted by Crippen LogP contribution is -2.24. The maximum absolute atomic E-state index is 15.2. The normalized spacial score (nSPS) is 11.9. The lowest BCUT2D eigenvalue weighted by molar-refractivity contribution is 0.592. The van der Waals surface area contributed by atoms with Gasteiger partial charge in [-0.25, -0.2) is 9.97 Å². The molecule has 4 heteroatoms. The van der Waals surface area contributed by atoms with E-state index in [1.54, 1.807) is 0 Å². The van der Waals surface area contributed by atoms with Crippen molar-refractivity contribution in [3.05, 3.63) is 212 Å². The van der Waals surface area contributed by atoms with Gasteiger partial charge in [-0.05, 0) is 67.7 Å². The van der Waals surface area contributed by atoms with Crippen molar-refractivity contribution in [3.8, 4) is 33.6 Å². The van der Waals surface area contributed by atoms with E-state index in [0.717, 1.165) is 98.1 Å². The Bertz CT molecular complexity index is 3320. The van der Waals surface area contributed by atoms with Gasteiger partial charge in [-0.2, -0.15) is 0 Å². The predicted molar refractivity (Wildman–Crippen MR) is 245 cm³/mol. The third kappa shape index (κ3) is 5.55. The van der Waals surface area contributed by atoms with Gasteiger partial charge in [0.2, 0.25) is 0 Å². The number of fused-ring (bicyclic) bond motifs is 6. The Morgan fingerprint density at radius 3 is 1.33 bits per heavy atom. The second-order valence-corrected chi connectivity index (χ2v) is 17.6. The fourth-order valence-electron chi connectivity index (χ4n) is 8.70. The smallest absolute Gasteiger partial charge is 0.171 e. The first-order valence-corrected chi connectivity index (χ1v) is 21.3. The van der Waals surface area contributed by atoms with Crippen LogP contribution in [0.2, 0.25) is 0 Å². The van der Waals surface area contributed by atoms with Gasteiger partial charge in [-0.1, -0.05) is 188 Å². The highest BCUT2D eigenvalue weighted by atomic mass is 31.2. The average Bonchev–Trinajstić information content (AvgIpc) is 3.30. The SMILES string of the molecule is O=P(c1ccccc1)(c1ccccc1)c1ccc2cc(-c3c4ccccc4c(-c4ccc5ccc6ccc(-c7ccccc7)nc6c5n4)c4ccccc34)ccc2c1. The molecule has 0 aliphatic carbocycles. The van der Waals surface area contributed by atoms with Crippen LogP contribution in [0, 0.1) is 0 Å². The molecule has 0 saturated heterocycles. The van der Waals surface area contributed by atoms with E-state index in [1.165, 1.54) is 5.56 Å². The van der Waals surface area contributed by atoms with Gasteiger partial charge < -0.3 is 4.57 Å². The molecule has 58 heavy (non-hydrogen) atoms. The van der Waals surface area contributed by atoms with E-state index < -0.39 is 7.14 Å². The lowest BCUT2D eigenvalue weighted by Gasteiger charge is -2.21. The molecule has 0 spiro atoms. The first kappa shape index (κ1) is 34.1. The van der Waals surface area contributed by atoms with Crippen molar-refractivity contribution < 1.29 is 4.57 Å². The van der Waals surface area contributed by atoms with Gasteiger partial charge in [0, 0.05) is 37.8 Å². The van der Waals surface area contributed by atoms with Gasteiger partial charge >= 0.3 is 0 Å². The summed E-state index contributed by atoms with van der Waals surface area (Å²) in [6.07, 6.45) is 0. The highest BCUT2D eigenvalue weighted by Gasteiger charge is 2.30. The van der Waals surface area contributed by atoms with Crippen molar-refractivity contribution in [2.24, 2.45) is 0 Å². The molecule has 2 aromatic heterocycles. The molecule has 0 aliphatic heterocycles. The van der Waals surface area contributed by atoms with E-state index in [2.05, 4.69) is 133 Å². The van der Waals surface area contributed by atoms with Crippen LogP contribution in [0.3, 0.4) is 0 Å². The molecule has 11 aromatic rings. The van der Waals surface area contributed by atoms with Gasteiger partial charge in [-0.3, -0.25) is 0 Å². The number of rotatable bonds is 6. The molecule has 0 unspecified atom stereocenters. The minimum atomic E-state index is -3.11. The maximum atomic E-state index is 15.2. The van der Waals surface area contributed by atoms with Crippen LogP contribution in [-0.2, 0) is 4.57 Å². The second kappa shape index (κ2) is 13.8. The Kier molecular flexibility index (Phi) is 8.10. The number of hydrogen-bond donors (Lipinski definition) is 0. The molecule has 0 N–H and O–H groups in total. The zero-order valence-electron chi connectivity index (χ0n) is 31.5. The van der Waals surface area contributed by atoms with Crippen molar-refractivity contribution in [2.45, 2.75) is 0 Å². The van der Waals surface area contributed by atoms with Crippen molar-refractivity contribution in [1.29, 1.82) is 0 Å². The number of hydrogen-bond acceptors (Lipinski definition) is 3. The van der Waals surface area contributed by atoms with Crippen LogP contribution in [0.15, 0.2) is 212 Å². The molecular weight excluding hydrogens is 724 g/mol. The third-order valence-electron chi connectivity index (χ3n) is 11.5. The Labute approximate surface area is 336 Å². The van der Waals surface area contributed by atoms with Crippen molar-refractivity contribution >= 4 is 77.2 Å². The molecular formula is C54H35N2OP. The fourth-order valence-corrected chi connectivity index (χ4v) is 11.4. The number of benzene rings is 9. The van der Waals surface area contributed by atoms with Gasteiger partial charge in [0.1, 0.15) is 0 Å². The molecule has 0 amide bonds. The minimum Gasteiger partial charge on any atom is -0.309 e. The number of pyridine rings is 2. The summed E-state index contributed by atoms with van der Waals surface area (Å²) in [6, 6.07) is 73.3. The Morgan fingerprint density at radius 2 is 0.741 bits per heavy atom. The van der Waals surface area contributed by atoms with E-state index in [1.807, 2.05) is 78.9 Å². The van der Waals surface area contributed by atoms with Crippen LogP contribution < -0.4 is 15.9 Å². The third-order valence-corrected chi connectivity index (χ3v) is 14.5. The Morgan fingerprint density at radius 1 is 0.310 bits per heavy atom. The first-order valence-electron chi connectivity index (χ1n) is 19.6. The summed E-state index contributed by atoms with van der Waals surface area (Å²) in [5.41, 5.74) is 8.13. The highest BCUT2D eigenvalue weighted by Crippen LogP contribution is 2.46. The summed E-state index contributed by atoms with van der Waals surface area (Å²) < 4.78 is 15.2. The van der Waals surface area contributed by atoms with E-state index in [4.69, 9.17) is 9.97 Å². The zero-order valence-corrected chi connectivity index (χ0v) is 32.4. The monoisotopic (exact) mass is 758 g/mol. The molecule has 11 rings (SSSR count). The molecule has 0 atom stereocenters. The first-order chi connectivity index (χ1) is 28.6. The molecule has 0 aliphatic rings. The van der Waals surface area contributed by atoms with Crippen LogP contribution in [0.25, 0.3) is 87.8 Å². The summed E-state index contributed by atoms with van der Waals surface area (Å²) in [6.45, 7) is 0. The van der Waals surface area contributed by atoms with Crippen molar-refractivity contribution in [3.63, 3.8) is 0 Å². The zero-order chi connectivity index (χ0) is 38.6. The molecule has 0 radical (unpaired) electrons. The molecule has 0 bridgehead atoms. The summed E-state index contributed by atoms with van der Waals surface area (Å²) in [5, 5.41) is 11.4. The highest BCUT2D eigenvalue weighted by molar-refractivity contribution is 7.85. The van der Waals surface area contributed by atoms with Crippen LogP contribution in [-0.4, -0.2) is 9.97 Å². The maximum Gasteiger partial charge on any atom is 0.171 e. The number of nitrogens with zero attached hydrogens (tertiary/aromatic N) is 2. The quantitative estimate of drug-likeness (QED) is 0.0963.